The third kappa shape index (κ3) is 5.18. The molecule has 7 nitrogen and oxygen atoms in total. The molecule has 0 aliphatic rings. The van der Waals surface area contributed by atoms with Crippen LogP contribution < -0.4 is 5.73 Å². The van der Waals surface area contributed by atoms with Crippen molar-refractivity contribution < 1.29 is 18.9 Å². The van der Waals surface area contributed by atoms with Gasteiger partial charge in [0.25, 0.3) is 5.69 Å². The number of primary amides is 1. The van der Waals surface area contributed by atoms with Crippen molar-refractivity contribution in [3.05, 3.63) is 68.5 Å². The number of thioether (sulfide) groups is 1. The Morgan fingerprint density at radius 3 is 2.63 bits per heavy atom. The van der Waals surface area contributed by atoms with Gasteiger partial charge in [0.1, 0.15) is 5.82 Å². The molecule has 0 aliphatic heterocycles. The number of carbonyl (C=O) groups is 2. The summed E-state index contributed by atoms with van der Waals surface area (Å²) in [5, 5.41) is 11.4. The van der Waals surface area contributed by atoms with E-state index in [1.54, 1.807) is 0 Å². The van der Waals surface area contributed by atoms with Crippen molar-refractivity contribution in [2.24, 2.45) is 5.73 Å². The zero-order valence-electron chi connectivity index (χ0n) is 14.1. The zero-order valence-corrected chi connectivity index (χ0v) is 15.7. The Bertz CT molecular complexity index is 889. The molecule has 2 rings (SSSR count). The van der Waals surface area contributed by atoms with Crippen molar-refractivity contribution in [2.75, 3.05) is 12.8 Å². The predicted molar refractivity (Wildman–Crippen MR) is 100 cm³/mol. The average Bonchev–Trinajstić information content (AvgIpc) is 2.62. The number of nitro groups is 1. The number of halogens is 2. The molecule has 0 saturated heterocycles. The van der Waals surface area contributed by atoms with Gasteiger partial charge in [-0.25, -0.2) is 4.39 Å². The fraction of sp³-hybridized carbons (Fsp3) is 0.176. The minimum atomic E-state index is -0.785. The van der Waals surface area contributed by atoms with Crippen molar-refractivity contribution in [2.45, 2.75) is 11.4 Å². The van der Waals surface area contributed by atoms with Crippen LogP contribution in [-0.4, -0.2) is 34.4 Å². The molecule has 10 heteroatoms. The van der Waals surface area contributed by atoms with Gasteiger partial charge < -0.3 is 10.6 Å². The Morgan fingerprint density at radius 2 is 2.04 bits per heavy atom. The van der Waals surface area contributed by atoms with Gasteiger partial charge in [-0.15, -0.1) is 11.8 Å². The summed E-state index contributed by atoms with van der Waals surface area (Å²) < 4.78 is 13.8. The number of hydrogen-bond donors (Lipinski definition) is 1. The van der Waals surface area contributed by atoms with Crippen LogP contribution in [0.25, 0.3) is 0 Å². The summed E-state index contributed by atoms with van der Waals surface area (Å²) >= 11 is 6.89. The fourth-order valence-electron chi connectivity index (χ4n) is 2.19. The average molecular weight is 412 g/mol. The molecule has 0 bridgehead atoms. The van der Waals surface area contributed by atoms with E-state index in [4.69, 9.17) is 17.3 Å². The second-order valence-electron chi connectivity index (χ2n) is 5.54. The van der Waals surface area contributed by atoms with Crippen LogP contribution in [0.4, 0.5) is 10.1 Å². The summed E-state index contributed by atoms with van der Waals surface area (Å²) in [6.07, 6.45) is 0. The van der Waals surface area contributed by atoms with E-state index in [0.717, 1.165) is 17.8 Å². The number of amides is 2. The summed E-state index contributed by atoms with van der Waals surface area (Å²) in [6.45, 7) is -0.0341. The Labute approximate surface area is 163 Å². The van der Waals surface area contributed by atoms with E-state index >= 15 is 0 Å². The predicted octanol–water partition coefficient (Wildman–Crippen LogP) is 3.24. The quantitative estimate of drug-likeness (QED) is 0.427. The standard InChI is InChI=1S/C17H15ClFN3O4S/c1-21(8-11-12(18)3-2-4-13(11)19)16(23)9-27-15-6-5-10(17(20)24)7-14(15)22(25)26/h2-7H,8-9H2,1H3,(H2,20,24). The highest BCUT2D eigenvalue weighted by molar-refractivity contribution is 8.00. The Morgan fingerprint density at radius 1 is 1.33 bits per heavy atom. The highest BCUT2D eigenvalue weighted by Gasteiger charge is 2.20. The molecular formula is C17H15ClFN3O4S. The summed E-state index contributed by atoms with van der Waals surface area (Å²) in [7, 11) is 1.48. The summed E-state index contributed by atoms with van der Waals surface area (Å²) in [5.74, 6) is -1.79. The zero-order chi connectivity index (χ0) is 20.1. The molecule has 142 valence electrons. The van der Waals surface area contributed by atoms with Crippen molar-refractivity contribution >= 4 is 40.9 Å². The highest BCUT2D eigenvalue weighted by atomic mass is 35.5. The smallest absolute Gasteiger partial charge is 0.283 e. The first-order valence-electron chi connectivity index (χ1n) is 7.58. The summed E-state index contributed by atoms with van der Waals surface area (Å²) in [4.78, 5) is 35.5. The van der Waals surface area contributed by atoms with E-state index in [2.05, 4.69) is 0 Å². The molecule has 0 fully saturated rings. The lowest BCUT2D eigenvalue weighted by molar-refractivity contribution is -0.387. The van der Waals surface area contributed by atoms with E-state index < -0.39 is 16.6 Å². The number of nitro benzene ring substituents is 1. The first kappa shape index (κ1) is 20.7. The van der Waals surface area contributed by atoms with Crippen LogP contribution >= 0.6 is 23.4 Å². The molecule has 0 spiro atoms. The lowest BCUT2D eigenvalue weighted by Crippen LogP contribution is -2.28. The number of carbonyl (C=O) groups excluding carboxylic acids is 2. The van der Waals surface area contributed by atoms with Crippen molar-refractivity contribution in [1.82, 2.24) is 4.90 Å². The normalized spacial score (nSPS) is 10.5. The van der Waals surface area contributed by atoms with Crippen LogP contribution in [0.1, 0.15) is 15.9 Å². The lowest BCUT2D eigenvalue weighted by atomic mass is 10.2. The molecule has 2 aromatic rings. The Hall–Kier alpha value is -2.65. The van der Waals surface area contributed by atoms with Gasteiger partial charge in [0.2, 0.25) is 11.8 Å². The van der Waals surface area contributed by atoms with E-state index in [9.17, 15) is 24.1 Å². The van der Waals surface area contributed by atoms with Crippen LogP contribution in [0, 0.1) is 15.9 Å². The number of rotatable bonds is 7. The first-order chi connectivity index (χ1) is 12.7. The lowest BCUT2D eigenvalue weighted by Gasteiger charge is -2.18. The van der Waals surface area contributed by atoms with Crippen LogP contribution in [0.5, 0.6) is 0 Å². The SMILES string of the molecule is CN(Cc1c(F)cccc1Cl)C(=O)CSc1ccc(C(N)=O)cc1[N+](=O)[O-]. The Kier molecular flexibility index (Phi) is 6.75. The largest absolute Gasteiger partial charge is 0.366 e. The number of hydrogen-bond acceptors (Lipinski definition) is 5. The van der Waals surface area contributed by atoms with Crippen LogP contribution in [0.15, 0.2) is 41.3 Å². The minimum absolute atomic E-state index is 0.00342. The fourth-order valence-corrected chi connectivity index (χ4v) is 3.36. The first-order valence-corrected chi connectivity index (χ1v) is 8.95. The molecule has 2 amide bonds. The molecular weight excluding hydrogens is 397 g/mol. The van der Waals surface area contributed by atoms with Gasteiger partial charge >= 0.3 is 0 Å². The van der Waals surface area contributed by atoms with Gasteiger partial charge in [-0.3, -0.25) is 19.7 Å². The van der Waals surface area contributed by atoms with E-state index in [1.165, 1.54) is 42.3 Å². The highest BCUT2D eigenvalue weighted by Crippen LogP contribution is 2.30. The maximum absolute atomic E-state index is 13.8. The van der Waals surface area contributed by atoms with Crippen LogP contribution in [0.2, 0.25) is 5.02 Å². The molecule has 0 unspecified atom stereocenters. The minimum Gasteiger partial charge on any atom is -0.366 e. The number of benzene rings is 2. The monoisotopic (exact) mass is 411 g/mol. The number of nitrogens with two attached hydrogens (primary N) is 1. The molecule has 0 heterocycles. The maximum Gasteiger partial charge on any atom is 0.283 e. The van der Waals surface area contributed by atoms with Crippen molar-refractivity contribution in [3.63, 3.8) is 0 Å². The van der Waals surface area contributed by atoms with E-state index in [-0.39, 0.29) is 44.9 Å². The summed E-state index contributed by atoms with van der Waals surface area (Å²) in [5.41, 5.74) is 5.00. The number of nitrogens with zero attached hydrogens (tertiary/aromatic N) is 2. The molecule has 0 atom stereocenters. The second kappa shape index (κ2) is 8.83. The van der Waals surface area contributed by atoms with Crippen molar-refractivity contribution in [3.8, 4) is 0 Å². The van der Waals surface area contributed by atoms with Gasteiger partial charge in [-0.2, -0.15) is 0 Å². The Balaban J connectivity index is 2.08. The van der Waals surface area contributed by atoms with E-state index in [1.807, 2.05) is 0 Å². The second-order valence-corrected chi connectivity index (χ2v) is 6.97. The molecule has 0 aromatic heterocycles. The van der Waals surface area contributed by atoms with Gasteiger partial charge in [0.15, 0.2) is 0 Å². The third-order valence-electron chi connectivity index (χ3n) is 3.67. The molecule has 2 aromatic carbocycles. The van der Waals surface area contributed by atoms with Crippen molar-refractivity contribution in [1.29, 1.82) is 0 Å². The molecule has 0 radical (unpaired) electrons. The topological polar surface area (TPSA) is 107 Å². The van der Waals surface area contributed by atoms with Gasteiger partial charge in [-0.1, -0.05) is 17.7 Å². The molecule has 0 aliphatic carbocycles. The summed E-state index contributed by atoms with van der Waals surface area (Å²) in [6, 6.07) is 8.02. The van der Waals surface area contributed by atoms with Crippen LogP contribution in [0.3, 0.4) is 0 Å². The molecule has 0 saturated carbocycles. The molecule has 2 N–H and O–H groups in total. The van der Waals surface area contributed by atoms with Gasteiger partial charge in [0, 0.05) is 35.8 Å². The van der Waals surface area contributed by atoms with Gasteiger partial charge in [0.05, 0.1) is 15.6 Å². The van der Waals surface area contributed by atoms with E-state index in [0.29, 0.717) is 0 Å². The molecule has 27 heavy (non-hydrogen) atoms. The van der Waals surface area contributed by atoms with Crippen LogP contribution in [-0.2, 0) is 11.3 Å². The maximum atomic E-state index is 13.8. The third-order valence-corrected chi connectivity index (χ3v) is 5.08. The van der Waals surface area contributed by atoms with Gasteiger partial charge in [-0.05, 0) is 24.3 Å².